The molecule has 0 spiro atoms. The maximum Gasteiger partial charge on any atom is 0.505 e. The van der Waals surface area contributed by atoms with Crippen LogP contribution in [0.2, 0.25) is 0 Å². The summed E-state index contributed by atoms with van der Waals surface area (Å²) < 4.78 is 14.9. The predicted molar refractivity (Wildman–Crippen MR) is 95.0 cm³/mol. The van der Waals surface area contributed by atoms with Crippen molar-refractivity contribution in [3.8, 4) is 0 Å². The minimum absolute atomic E-state index is 0.259. The molecular weight excluding hydrogens is 291 g/mol. The Labute approximate surface area is 135 Å². The van der Waals surface area contributed by atoms with E-state index in [-0.39, 0.29) is 18.3 Å². The Hall–Kier alpha value is -1.10. The summed E-state index contributed by atoms with van der Waals surface area (Å²) in [5, 5.41) is 4.04. The van der Waals surface area contributed by atoms with E-state index in [1.54, 1.807) is 0 Å². The highest BCUT2D eigenvalue weighted by Crippen LogP contribution is 2.37. The minimum atomic E-state index is -0.285. The maximum atomic E-state index is 6.19. The Bertz CT molecular complexity index is 847. The van der Waals surface area contributed by atoms with Crippen molar-refractivity contribution in [2.24, 2.45) is 0 Å². The fraction of sp³-hybridized carbons (Fsp3) is 0.444. The lowest BCUT2D eigenvalue weighted by atomic mass is 9.87. The summed E-state index contributed by atoms with van der Waals surface area (Å²) in [5.74, 6) is 0. The third-order valence-electron chi connectivity index (χ3n) is 5.14. The Balaban J connectivity index is 1.83. The quantitative estimate of drug-likeness (QED) is 0.754. The second-order valence-electron chi connectivity index (χ2n) is 7.21. The molecule has 1 aromatic heterocycles. The van der Waals surface area contributed by atoms with Gasteiger partial charge in [-0.1, -0.05) is 24.3 Å². The first-order valence-corrected chi connectivity index (χ1v) is 8.77. The van der Waals surface area contributed by atoms with Gasteiger partial charge in [0.25, 0.3) is 0 Å². The van der Waals surface area contributed by atoms with E-state index < -0.39 is 0 Å². The van der Waals surface area contributed by atoms with Crippen LogP contribution in [0.25, 0.3) is 22.2 Å². The van der Waals surface area contributed by atoms with E-state index in [0.29, 0.717) is 0 Å². The normalized spacial score (nSPS) is 22.3. The first kappa shape index (κ1) is 14.5. The molecule has 0 unspecified atom stereocenters. The molecule has 0 amide bonds. The van der Waals surface area contributed by atoms with E-state index in [4.69, 9.17) is 9.31 Å². The van der Waals surface area contributed by atoms with Crippen LogP contribution in [0.5, 0.6) is 0 Å². The van der Waals surface area contributed by atoms with Gasteiger partial charge in [-0.3, -0.25) is 0 Å². The molecule has 2 aromatic rings. The molecule has 4 heteroatoms. The molecule has 1 fully saturated rings. The molecule has 0 N–H and O–H groups in total. The number of hydrogen-bond donors (Lipinski definition) is 0. The number of benzene rings is 1. The number of rotatable bonds is 1. The van der Waals surface area contributed by atoms with Crippen LogP contribution in [0.1, 0.15) is 40.5 Å². The number of hydrogen-bond acceptors (Lipinski definition) is 3. The molecule has 2 heterocycles. The molecular formula is C18H21BO2S. The van der Waals surface area contributed by atoms with Crippen LogP contribution in [-0.4, -0.2) is 18.3 Å². The topological polar surface area (TPSA) is 18.5 Å². The van der Waals surface area contributed by atoms with Crippen LogP contribution in [0.15, 0.2) is 18.2 Å². The molecule has 0 saturated carbocycles. The molecule has 0 atom stereocenters. The Morgan fingerprint density at radius 1 is 1.00 bits per heavy atom. The molecule has 4 rings (SSSR count). The van der Waals surface area contributed by atoms with Crippen LogP contribution < -0.4 is 15.2 Å². The molecule has 1 aliphatic heterocycles. The van der Waals surface area contributed by atoms with Gasteiger partial charge in [0.2, 0.25) is 0 Å². The van der Waals surface area contributed by atoms with Gasteiger partial charge in [-0.05, 0) is 62.4 Å². The third-order valence-corrected chi connectivity index (χ3v) is 6.35. The summed E-state index contributed by atoms with van der Waals surface area (Å²) >= 11 is 1.81. The van der Waals surface area contributed by atoms with Crippen LogP contribution in [-0.2, 0) is 9.31 Å². The number of fused-ring (bicyclic) bond motifs is 3. The average Bonchev–Trinajstić information content (AvgIpc) is 2.98. The van der Waals surface area contributed by atoms with Crippen molar-refractivity contribution in [2.45, 2.75) is 51.7 Å². The second kappa shape index (κ2) is 4.70. The van der Waals surface area contributed by atoms with Crippen molar-refractivity contribution in [1.29, 1.82) is 0 Å². The van der Waals surface area contributed by atoms with Gasteiger partial charge in [-0.15, -0.1) is 11.3 Å². The summed E-state index contributed by atoms with van der Waals surface area (Å²) in [6.45, 7) is 8.41. The molecule has 114 valence electrons. The summed E-state index contributed by atoms with van der Waals surface area (Å²) in [5.41, 5.74) is -0.569. The molecule has 22 heavy (non-hydrogen) atoms. The van der Waals surface area contributed by atoms with E-state index in [1.807, 2.05) is 11.3 Å². The van der Waals surface area contributed by atoms with Crippen molar-refractivity contribution in [2.75, 3.05) is 0 Å². The minimum Gasteiger partial charge on any atom is -0.399 e. The lowest BCUT2D eigenvalue weighted by Gasteiger charge is -2.32. The van der Waals surface area contributed by atoms with Gasteiger partial charge >= 0.3 is 7.12 Å². The smallest absolute Gasteiger partial charge is 0.399 e. The Morgan fingerprint density at radius 2 is 1.68 bits per heavy atom. The average molecular weight is 312 g/mol. The van der Waals surface area contributed by atoms with E-state index >= 15 is 0 Å². The van der Waals surface area contributed by atoms with E-state index in [2.05, 4.69) is 58.0 Å². The molecule has 0 radical (unpaired) electrons. The molecule has 0 bridgehead atoms. The van der Waals surface area contributed by atoms with Gasteiger partial charge in [-0.25, -0.2) is 0 Å². The zero-order valence-electron chi connectivity index (χ0n) is 13.6. The van der Waals surface area contributed by atoms with Crippen molar-refractivity contribution in [1.82, 2.24) is 0 Å². The summed E-state index contributed by atoms with van der Waals surface area (Å²) in [7, 11) is -0.259. The highest BCUT2D eigenvalue weighted by Gasteiger charge is 2.52. The standard InChI is InChI=1S/C18H21BO2S/c1-17(2)18(3,4)21-19(20-17)15-11-13-10-9-12-7-5-6-8-14(12)16(13)22-15/h7-11H,5-6H2,1-4H3. The van der Waals surface area contributed by atoms with Gasteiger partial charge < -0.3 is 9.31 Å². The predicted octanol–water partition coefficient (Wildman–Crippen LogP) is 2.56. The fourth-order valence-electron chi connectivity index (χ4n) is 3.09. The Kier molecular flexibility index (Phi) is 3.10. The molecule has 1 saturated heterocycles. The van der Waals surface area contributed by atoms with Crippen molar-refractivity contribution < 1.29 is 9.31 Å². The molecule has 1 aromatic carbocycles. The maximum absolute atomic E-state index is 6.19. The summed E-state index contributed by atoms with van der Waals surface area (Å²) in [6, 6.07) is 6.67. The third kappa shape index (κ3) is 2.09. The lowest BCUT2D eigenvalue weighted by Crippen LogP contribution is -2.41. The Morgan fingerprint density at radius 3 is 2.41 bits per heavy atom. The zero-order valence-corrected chi connectivity index (χ0v) is 14.4. The van der Waals surface area contributed by atoms with Crippen molar-refractivity contribution >= 4 is 45.5 Å². The summed E-state index contributed by atoms with van der Waals surface area (Å²) in [4.78, 5) is 0. The van der Waals surface area contributed by atoms with E-state index in [1.165, 1.54) is 25.3 Å². The van der Waals surface area contributed by atoms with Crippen LogP contribution in [0.3, 0.4) is 0 Å². The van der Waals surface area contributed by atoms with E-state index in [0.717, 1.165) is 12.8 Å². The zero-order chi connectivity index (χ0) is 15.5. The monoisotopic (exact) mass is 312 g/mol. The largest absolute Gasteiger partial charge is 0.505 e. The van der Waals surface area contributed by atoms with Gasteiger partial charge in [0, 0.05) is 9.48 Å². The molecule has 1 aliphatic carbocycles. The van der Waals surface area contributed by atoms with Gasteiger partial charge in [-0.2, -0.15) is 0 Å². The van der Waals surface area contributed by atoms with Gasteiger partial charge in [0.1, 0.15) is 0 Å². The van der Waals surface area contributed by atoms with Crippen LogP contribution in [0, 0.1) is 0 Å². The van der Waals surface area contributed by atoms with Gasteiger partial charge in [0.15, 0.2) is 0 Å². The SMILES string of the molecule is CC1(C)OB(c2cc3ccc4c(c3s2)=CCCC=4)OC1(C)C. The highest BCUT2D eigenvalue weighted by atomic mass is 32.1. The fourth-order valence-corrected chi connectivity index (χ4v) is 4.26. The number of thiophene rings is 1. The summed E-state index contributed by atoms with van der Waals surface area (Å²) in [6.07, 6.45) is 6.98. The first-order chi connectivity index (χ1) is 10.4. The second-order valence-corrected chi connectivity index (χ2v) is 8.29. The van der Waals surface area contributed by atoms with Crippen molar-refractivity contribution in [3.05, 3.63) is 28.6 Å². The van der Waals surface area contributed by atoms with Crippen molar-refractivity contribution in [3.63, 3.8) is 0 Å². The first-order valence-electron chi connectivity index (χ1n) is 7.96. The molecule has 2 aliphatic rings. The van der Waals surface area contributed by atoms with E-state index in [9.17, 15) is 0 Å². The van der Waals surface area contributed by atoms with Gasteiger partial charge in [0.05, 0.1) is 11.2 Å². The van der Waals surface area contributed by atoms with Crippen LogP contribution in [0.4, 0.5) is 0 Å². The molecule has 2 nitrogen and oxygen atoms in total. The van der Waals surface area contributed by atoms with Crippen LogP contribution >= 0.6 is 11.3 Å². The highest BCUT2D eigenvalue weighted by molar-refractivity contribution is 7.28. The lowest BCUT2D eigenvalue weighted by molar-refractivity contribution is 0.00578.